The number of furan rings is 1. The van der Waals surface area contributed by atoms with Gasteiger partial charge in [0.1, 0.15) is 5.58 Å². The number of fused-ring (bicyclic) bond motifs is 1. The average Bonchev–Trinajstić information content (AvgIpc) is 3.37. The molecule has 0 fully saturated rings. The molecule has 2 aromatic carbocycles. The summed E-state index contributed by atoms with van der Waals surface area (Å²) in [6.07, 6.45) is 0.754. The third kappa shape index (κ3) is 4.44. The summed E-state index contributed by atoms with van der Waals surface area (Å²) in [7, 11) is 0. The van der Waals surface area contributed by atoms with E-state index in [1.54, 1.807) is 17.0 Å². The Balaban J connectivity index is 1.69. The number of hydrogen-bond acceptors (Lipinski definition) is 4. The third-order valence-corrected chi connectivity index (χ3v) is 6.50. The number of hydrogen-bond donors (Lipinski definition) is 1. The fourth-order valence-corrected chi connectivity index (χ4v) is 4.53. The number of benzene rings is 2. The van der Waals surface area contributed by atoms with Crippen LogP contribution in [0.15, 0.2) is 70.3 Å². The van der Waals surface area contributed by atoms with E-state index in [-0.39, 0.29) is 11.3 Å². The molecule has 0 aliphatic carbocycles. The SMILES string of the molecule is CC[NH+](CC)CCCN1C(=O)C([O-])=C(C(=O)c2cc3ccccc3o2)C1c1ccc(C)cc1. The summed E-state index contributed by atoms with van der Waals surface area (Å²) in [5.41, 5.74) is 2.37. The average molecular weight is 447 g/mol. The molecule has 4 rings (SSSR count). The Morgan fingerprint density at radius 1 is 1.09 bits per heavy atom. The van der Waals surface area contributed by atoms with Crippen molar-refractivity contribution in [3.05, 3.63) is 82.8 Å². The Bertz CT molecular complexity index is 1160. The Morgan fingerprint density at radius 2 is 1.79 bits per heavy atom. The second-order valence-corrected chi connectivity index (χ2v) is 8.59. The van der Waals surface area contributed by atoms with Crippen molar-refractivity contribution in [1.82, 2.24) is 4.90 Å². The minimum absolute atomic E-state index is 0.0295. The lowest BCUT2D eigenvalue weighted by molar-refractivity contribution is -0.896. The predicted octanol–water partition coefficient (Wildman–Crippen LogP) is 2.44. The number of aryl methyl sites for hydroxylation is 1. The molecule has 6 heteroatoms. The van der Waals surface area contributed by atoms with E-state index in [9.17, 15) is 14.7 Å². The zero-order chi connectivity index (χ0) is 23.5. The fraction of sp³-hybridized carbons (Fsp3) is 0.333. The van der Waals surface area contributed by atoms with Gasteiger partial charge in [0, 0.05) is 23.9 Å². The van der Waals surface area contributed by atoms with Crippen LogP contribution in [-0.4, -0.2) is 42.8 Å². The van der Waals surface area contributed by atoms with Gasteiger partial charge in [-0.1, -0.05) is 48.0 Å². The molecule has 1 unspecified atom stereocenters. The summed E-state index contributed by atoms with van der Waals surface area (Å²) in [6.45, 7) is 9.58. The van der Waals surface area contributed by atoms with Crippen molar-refractivity contribution in [2.24, 2.45) is 0 Å². The Kier molecular flexibility index (Phi) is 6.65. The summed E-state index contributed by atoms with van der Waals surface area (Å²) in [4.78, 5) is 29.6. The lowest BCUT2D eigenvalue weighted by Crippen LogP contribution is -3.11. The molecular formula is C27H30N2O4. The largest absolute Gasteiger partial charge is 0.868 e. The summed E-state index contributed by atoms with van der Waals surface area (Å²) in [6, 6.07) is 15.9. The van der Waals surface area contributed by atoms with Crippen LogP contribution in [0.3, 0.4) is 0 Å². The van der Waals surface area contributed by atoms with Gasteiger partial charge in [-0.2, -0.15) is 0 Å². The molecule has 172 valence electrons. The van der Waals surface area contributed by atoms with Gasteiger partial charge in [0.05, 0.1) is 25.7 Å². The van der Waals surface area contributed by atoms with Crippen molar-refractivity contribution in [1.29, 1.82) is 0 Å². The predicted molar refractivity (Wildman–Crippen MR) is 125 cm³/mol. The topological polar surface area (TPSA) is 78.0 Å². The maximum atomic E-state index is 13.5. The molecular weight excluding hydrogens is 416 g/mol. The molecule has 0 saturated carbocycles. The fourth-order valence-electron chi connectivity index (χ4n) is 4.53. The molecule has 1 aromatic heterocycles. The Hall–Kier alpha value is -3.38. The molecule has 0 bridgehead atoms. The first kappa shape index (κ1) is 22.8. The monoisotopic (exact) mass is 446 g/mol. The van der Waals surface area contributed by atoms with E-state index in [2.05, 4.69) is 13.8 Å². The zero-order valence-corrected chi connectivity index (χ0v) is 19.4. The quantitative estimate of drug-likeness (QED) is 0.512. The van der Waals surface area contributed by atoms with E-state index < -0.39 is 23.5 Å². The molecule has 33 heavy (non-hydrogen) atoms. The zero-order valence-electron chi connectivity index (χ0n) is 19.4. The summed E-state index contributed by atoms with van der Waals surface area (Å²) in [5.74, 6) is -1.79. The Morgan fingerprint density at radius 3 is 2.45 bits per heavy atom. The summed E-state index contributed by atoms with van der Waals surface area (Å²) in [5, 5.41) is 13.9. The number of quaternary nitrogens is 1. The molecule has 1 atom stereocenters. The first-order valence-corrected chi connectivity index (χ1v) is 11.6. The van der Waals surface area contributed by atoms with Crippen LogP contribution in [0.4, 0.5) is 0 Å². The molecule has 2 heterocycles. The standard InChI is InChI=1S/C27H30N2O4/c1-4-28(5-2)15-8-16-29-24(19-13-11-18(3)12-14-19)23(26(31)27(29)32)25(30)22-17-20-9-6-7-10-21(20)33-22/h6-7,9-14,17,24,31H,4-5,8,15-16H2,1-3H3. The maximum Gasteiger partial charge on any atom is 0.239 e. The Labute approximate surface area is 194 Å². The van der Waals surface area contributed by atoms with Gasteiger partial charge in [-0.3, -0.25) is 9.59 Å². The van der Waals surface area contributed by atoms with Crippen molar-refractivity contribution in [3.8, 4) is 0 Å². The van der Waals surface area contributed by atoms with Crippen LogP contribution in [0.5, 0.6) is 0 Å². The van der Waals surface area contributed by atoms with Gasteiger partial charge in [-0.25, -0.2) is 0 Å². The second kappa shape index (κ2) is 9.63. The number of rotatable bonds is 9. The number of Topliss-reactive ketones (excluding diaryl/α,β-unsaturated/α-hetero) is 1. The van der Waals surface area contributed by atoms with Crippen LogP contribution >= 0.6 is 0 Å². The van der Waals surface area contributed by atoms with Gasteiger partial charge in [-0.05, 0) is 44.2 Å². The smallest absolute Gasteiger partial charge is 0.239 e. The molecule has 3 aromatic rings. The van der Waals surface area contributed by atoms with E-state index >= 15 is 0 Å². The van der Waals surface area contributed by atoms with Crippen molar-refractivity contribution in [3.63, 3.8) is 0 Å². The van der Waals surface area contributed by atoms with Gasteiger partial charge < -0.3 is 19.3 Å². The van der Waals surface area contributed by atoms with E-state index in [0.29, 0.717) is 12.1 Å². The lowest BCUT2D eigenvalue weighted by atomic mass is 9.94. The van der Waals surface area contributed by atoms with Crippen molar-refractivity contribution >= 4 is 22.7 Å². The minimum atomic E-state index is -0.735. The van der Waals surface area contributed by atoms with Crippen molar-refractivity contribution < 1.29 is 24.0 Å². The number of amides is 1. The van der Waals surface area contributed by atoms with Crippen LogP contribution in [0.25, 0.3) is 11.0 Å². The van der Waals surface area contributed by atoms with Crippen LogP contribution < -0.4 is 10.0 Å². The number of nitrogens with zero attached hydrogens (tertiary/aromatic N) is 1. The van der Waals surface area contributed by atoms with E-state index in [1.165, 1.54) is 4.90 Å². The molecule has 6 nitrogen and oxygen atoms in total. The minimum Gasteiger partial charge on any atom is -0.868 e. The molecule has 1 aliphatic rings. The highest BCUT2D eigenvalue weighted by Crippen LogP contribution is 2.38. The van der Waals surface area contributed by atoms with Gasteiger partial charge in [0.25, 0.3) is 0 Å². The molecule has 0 radical (unpaired) electrons. The summed E-state index contributed by atoms with van der Waals surface area (Å²) < 4.78 is 5.75. The first-order valence-electron chi connectivity index (χ1n) is 11.6. The molecule has 1 amide bonds. The van der Waals surface area contributed by atoms with Crippen LogP contribution in [0.1, 0.15) is 48.0 Å². The van der Waals surface area contributed by atoms with Crippen molar-refractivity contribution in [2.75, 3.05) is 26.2 Å². The number of carbonyl (C=O) groups excluding carboxylic acids is 2. The molecule has 0 saturated heterocycles. The van der Waals surface area contributed by atoms with Gasteiger partial charge in [0.15, 0.2) is 5.76 Å². The highest BCUT2D eigenvalue weighted by Gasteiger charge is 2.40. The third-order valence-electron chi connectivity index (χ3n) is 6.50. The van der Waals surface area contributed by atoms with E-state index in [4.69, 9.17) is 4.42 Å². The normalized spacial score (nSPS) is 16.4. The van der Waals surface area contributed by atoms with E-state index in [1.807, 2.05) is 49.4 Å². The summed E-state index contributed by atoms with van der Waals surface area (Å²) >= 11 is 0. The van der Waals surface area contributed by atoms with Gasteiger partial charge in [-0.15, -0.1) is 0 Å². The van der Waals surface area contributed by atoms with Crippen LogP contribution in [0, 0.1) is 6.92 Å². The van der Waals surface area contributed by atoms with Gasteiger partial charge >= 0.3 is 0 Å². The van der Waals surface area contributed by atoms with Crippen molar-refractivity contribution in [2.45, 2.75) is 33.2 Å². The lowest BCUT2D eigenvalue weighted by Gasteiger charge is -2.28. The molecule has 0 spiro atoms. The molecule has 1 N–H and O–H groups in total. The number of nitrogens with one attached hydrogen (secondary N) is 1. The number of para-hydroxylation sites is 1. The van der Waals surface area contributed by atoms with Crippen LogP contribution in [0.2, 0.25) is 0 Å². The highest BCUT2D eigenvalue weighted by atomic mass is 16.3. The maximum absolute atomic E-state index is 13.5. The van der Waals surface area contributed by atoms with E-state index in [0.717, 1.165) is 42.6 Å². The molecule has 1 aliphatic heterocycles. The van der Waals surface area contributed by atoms with Crippen LogP contribution in [-0.2, 0) is 4.79 Å². The van der Waals surface area contributed by atoms with Gasteiger partial charge in [0.2, 0.25) is 11.7 Å². The highest BCUT2D eigenvalue weighted by molar-refractivity contribution is 6.15. The first-order chi connectivity index (χ1) is 15.9. The number of carbonyl (C=O) groups is 2. The second-order valence-electron chi connectivity index (χ2n) is 8.59. The number of ketones is 1.